The molecule has 1 aliphatic carbocycles. The largest absolute Gasteiger partial charge is 0.444 e. The third kappa shape index (κ3) is 4.32. The normalized spacial score (nSPS) is 23.7. The van der Waals surface area contributed by atoms with Crippen molar-refractivity contribution in [1.82, 2.24) is 4.90 Å². The molecule has 27 heavy (non-hydrogen) atoms. The molecule has 0 bridgehead atoms. The van der Waals surface area contributed by atoms with E-state index in [2.05, 4.69) is 0 Å². The fraction of sp³-hybridized carbons (Fsp3) is 0.571. The highest BCUT2D eigenvalue weighted by atomic mass is 19.1. The molecule has 0 radical (unpaired) electrons. The van der Waals surface area contributed by atoms with Crippen molar-refractivity contribution >= 4 is 6.09 Å². The van der Waals surface area contributed by atoms with Gasteiger partial charge in [0.05, 0.1) is 12.6 Å². The Balaban J connectivity index is 1.82. The standard InChI is InChI=1S/C21H27F2NO3/c1-19(2,3)27-18(25)24-17(13-26-20(24,4)5)6-7-21(8-9-21)14-10-15(22)12-16(23)11-14/h6-7,10-12,17H,8-9,13H2,1-5H3/b7-6-/t17-/m0/s1. The first-order valence-corrected chi connectivity index (χ1v) is 9.24. The summed E-state index contributed by atoms with van der Waals surface area (Å²) in [6.45, 7) is 9.43. The van der Waals surface area contributed by atoms with Crippen molar-refractivity contribution in [2.24, 2.45) is 0 Å². The fourth-order valence-electron chi connectivity index (χ4n) is 3.46. The van der Waals surface area contributed by atoms with Gasteiger partial charge in [-0.05, 0) is 65.2 Å². The topological polar surface area (TPSA) is 38.8 Å². The van der Waals surface area contributed by atoms with Crippen molar-refractivity contribution < 1.29 is 23.0 Å². The molecule has 0 spiro atoms. The van der Waals surface area contributed by atoms with Gasteiger partial charge in [0.1, 0.15) is 23.0 Å². The van der Waals surface area contributed by atoms with Crippen molar-refractivity contribution in [3.8, 4) is 0 Å². The van der Waals surface area contributed by atoms with E-state index in [1.807, 2.05) is 46.8 Å². The van der Waals surface area contributed by atoms with Crippen molar-refractivity contribution in [3.63, 3.8) is 0 Å². The van der Waals surface area contributed by atoms with Crippen molar-refractivity contribution in [2.45, 2.75) is 70.2 Å². The predicted molar refractivity (Wildman–Crippen MR) is 98.3 cm³/mol. The Morgan fingerprint density at radius 1 is 1.22 bits per heavy atom. The van der Waals surface area contributed by atoms with Gasteiger partial charge in [0.15, 0.2) is 0 Å². The quantitative estimate of drug-likeness (QED) is 0.700. The smallest absolute Gasteiger partial charge is 0.413 e. The predicted octanol–water partition coefficient (Wildman–Crippen LogP) is 4.92. The van der Waals surface area contributed by atoms with Crippen molar-refractivity contribution in [2.75, 3.05) is 6.61 Å². The van der Waals surface area contributed by atoms with Crippen LogP contribution in [0.25, 0.3) is 0 Å². The van der Waals surface area contributed by atoms with E-state index >= 15 is 0 Å². The second-order valence-corrected chi connectivity index (χ2v) is 8.85. The van der Waals surface area contributed by atoms with E-state index in [9.17, 15) is 13.6 Å². The maximum atomic E-state index is 13.6. The lowest BCUT2D eigenvalue weighted by Crippen LogP contribution is -2.49. The van der Waals surface area contributed by atoms with Gasteiger partial charge < -0.3 is 9.47 Å². The number of nitrogens with zero attached hydrogens (tertiary/aromatic N) is 1. The van der Waals surface area contributed by atoms with E-state index in [1.165, 1.54) is 12.1 Å². The van der Waals surface area contributed by atoms with Crippen LogP contribution in [0.2, 0.25) is 0 Å². The zero-order valence-corrected chi connectivity index (χ0v) is 16.5. The summed E-state index contributed by atoms with van der Waals surface area (Å²) >= 11 is 0. The number of benzene rings is 1. The lowest BCUT2D eigenvalue weighted by Gasteiger charge is -2.34. The molecule has 2 aliphatic rings. The van der Waals surface area contributed by atoms with Crippen LogP contribution in [0.15, 0.2) is 30.4 Å². The summed E-state index contributed by atoms with van der Waals surface area (Å²) < 4.78 is 38.5. The Hall–Kier alpha value is -1.95. The number of hydrogen-bond donors (Lipinski definition) is 0. The van der Waals surface area contributed by atoms with E-state index < -0.39 is 29.1 Å². The fourth-order valence-corrected chi connectivity index (χ4v) is 3.46. The first-order valence-electron chi connectivity index (χ1n) is 9.24. The molecule has 3 rings (SSSR count). The minimum Gasteiger partial charge on any atom is -0.444 e. The lowest BCUT2D eigenvalue weighted by atomic mass is 9.94. The van der Waals surface area contributed by atoms with Crippen LogP contribution < -0.4 is 0 Å². The molecule has 148 valence electrons. The summed E-state index contributed by atoms with van der Waals surface area (Å²) in [6.07, 6.45) is 5.04. The Bertz CT molecular complexity index is 743. The number of halogens is 2. The Morgan fingerprint density at radius 3 is 2.33 bits per heavy atom. The van der Waals surface area contributed by atoms with Gasteiger partial charge in [-0.15, -0.1) is 0 Å². The Morgan fingerprint density at radius 2 is 1.81 bits per heavy atom. The van der Waals surface area contributed by atoms with Crippen LogP contribution in [0, 0.1) is 11.6 Å². The van der Waals surface area contributed by atoms with Crippen LogP contribution in [0.5, 0.6) is 0 Å². The average Bonchev–Trinajstić information content (AvgIpc) is 3.22. The highest BCUT2D eigenvalue weighted by molar-refractivity contribution is 5.70. The van der Waals surface area contributed by atoms with Gasteiger partial charge in [0, 0.05) is 11.5 Å². The van der Waals surface area contributed by atoms with E-state index in [0.717, 1.165) is 18.9 Å². The van der Waals surface area contributed by atoms with Crippen LogP contribution in [-0.2, 0) is 14.9 Å². The molecule has 1 atom stereocenters. The third-order valence-corrected chi connectivity index (χ3v) is 4.97. The molecule has 1 aliphatic heterocycles. The van der Waals surface area contributed by atoms with Crippen LogP contribution >= 0.6 is 0 Å². The first-order chi connectivity index (χ1) is 12.4. The van der Waals surface area contributed by atoms with Gasteiger partial charge in [-0.25, -0.2) is 13.6 Å². The molecule has 1 aromatic rings. The summed E-state index contributed by atoms with van der Waals surface area (Å²) in [7, 11) is 0. The number of carbonyl (C=O) groups excluding carboxylic acids is 1. The van der Waals surface area contributed by atoms with Gasteiger partial charge >= 0.3 is 6.09 Å². The van der Waals surface area contributed by atoms with Crippen molar-refractivity contribution in [3.05, 3.63) is 47.5 Å². The number of hydrogen-bond acceptors (Lipinski definition) is 3. The van der Waals surface area contributed by atoms with Gasteiger partial charge in [0.2, 0.25) is 0 Å². The number of allylic oxidation sites excluding steroid dienone is 1. The molecular formula is C21H27F2NO3. The van der Waals surface area contributed by atoms with Crippen LogP contribution in [0.1, 0.15) is 53.0 Å². The van der Waals surface area contributed by atoms with Crippen LogP contribution in [0.3, 0.4) is 0 Å². The van der Waals surface area contributed by atoms with Gasteiger partial charge in [-0.3, -0.25) is 4.90 Å². The maximum Gasteiger partial charge on any atom is 0.413 e. The highest BCUT2D eigenvalue weighted by Gasteiger charge is 2.46. The average molecular weight is 379 g/mol. The molecule has 0 N–H and O–H groups in total. The molecule has 0 aromatic heterocycles. The molecular weight excluding hydrogens is 352 g/mol. The second-order valence-electron chi connectivity index (χ2n) is 8.85. The van der Waals surface area contributed by atoms with Gasteiger partial charge in [-0.1, -0.05) is 12.2 Å². The first kappa shape index (κ1) is 19.8. The van der Waals surface area contributed by atoms with E-state index in [-0.39, 0.29) is 11.5 Å². The SMILES string of the molecule is CC(C)(C)OC(=O)N1[C@@H](/C=C\C2(c3cc(F)cc(F)c3)CC2)COC1(C)C. The molecule has 2 fully saturated rings. The summed E-state index contributed by atoms with van der Waals surface area (Å²) in [5, 5.41) is 0. The molecule has 6 heteroatoms. The van der Waals surface area contributed by atoms with Crippen molar-refractivity contribution in [1.29, 1.82) is 0 Å². The molecule has 1 saturated carbocycles. The van der Waals surface area contributed by atoms with E-state index in [1.54, 1.807) is 4.90 Å². The molecule has 1 aromatic carbocycles. The molecule has 1 heterocycles. The van der Waals surface area contributed by atoms with Gasteiger partial charge in [-0.2, -0.15) is 0 Å². The minimum absolute atomic E-state index is 0.300. The van der Waals surface area contributed by atoms with E-state index in [4.69, 9.17) is 9.47 Å². The number of amides is 1. The number of rotatable bonds is 3. The Kier molecular flexibility index (Phi) is 4.83. The highest BCUT2D eigenvalue weighted by Crippen LogP contribution is 2.50. The molecule has 1 saturated heterocycles. The molecule has 0 unspecified atom stereocenters. The summed E-state index contributed by atoms with van der Waals surface area (Å²) in [5.41, 5.74) is -1.16. The zero-order chi connectivity index (χ0) is 20.0. The summed E-state index contributed by atoms with van der Waals surface area (Å²) in [4.78, 5) is 14.3. The maximum absolute atomic E-state index is 13.6. The minimum atomic E-state index is -0.793. The summed E-state index contributed by atoms with van der Waals surface area (Å²) in [5.74, 6) is -1.16. The van der Waals surface area contributed by atoms with Gasteiger partial charge in [0.25, 0.3) is 0 Å². The second kappa shape index (κ2) is 6.59. The Labute approximate surface area is 159 Å². The summed E-state index contributed by atoms with van der Waals surface area (Å²) in [6, 6.07) is 3.33. The molecule has 4 nitrogen and oxygen atoms in total. The number of carbonyl (C=O) groups is 1. The number of ether oxygens (including phenoxy) is 2. The zero-order valence-electron chi connectivity index (χ0n) is 16.5. The molecule has 1 amide bonds. The monoisotopic (exact) mass is 379 g/mol. The lowest BCUT2D eigenvalue weighted by molar-refractivity contribution is -0.0610. The van der Waals surface area contributed by atoms with Crippen LogP contribution in [-0.4, -0.2) is 35.0 Å². The van der Waals surface area contributed by atoms with E-state index in [0.29, 0.717) is 12.2 Å². The third-order valence-electron chi connectivity index (χ3n) is 4.97. The van der Waals surface area contributed by atoms with Crippen LogP contribution in [0.4, 0.5) is 13.6 Å².